The average molecular weight is 305 g/mol. The molecule has 1 aliphatic rings. The molecule has 1 unspecified atom stereocenters. The van der Waals surface area contributed by atoms with Crippen molar-refractivity contribution in [1.82, 2.24) is 4.72 Å². The number of benzene rings is 1. The van der Waals surface area contributed by atoms with Crippen molar-refractivity contribution in [2.45, 2.75) is 23.8 Å². The topological polar surface area (TPSA) is 81.4 Å². The molecular formula is C12H17ClN2O3S. The van der Waals surface area contributed by atoms with Crippen molar-refractivity contribution < 1.29 is 13.2 Å². The van der Waals surface area contributed by atoms with Crippen LogP contribution in [-0.4, -0.2) is 28.1 Å². The van der Waals surface area contributed by atoms with Crippen LogP contribution in [0, 0.1) is 5.92 Å². The number of methoxy groups -OCH3 is 1. The number of nitrogens with two attached hydrogens (primary N) is 1. The predicted octanol–water partition coefficient (Wildman–Crippen LogP) is 1.36. The second-order valence-corrected chi connectivity index (χ2v) is 6.71. The molecule has 1 fully saturated rings. The van der Waals surface area contributed by atoms with Gasteiger partial charge < -0.3 is 10.5 Å². The van der Waals surface area contributed by atoms with Crippen LogP contribution in [0.5, 0.6) is 5.75 Å². The van der Waals surface area contributed by atoms with E-state index < -0.39 is 10.0 Å². The number of ether oxygens (including phenoxy) is 1. The van der Waals surface area contributed by atoms with Gasteiger partial charge in [-0.15, -0.1) is 0 Å². The summed E-state index contributed by atoms with van der Waals surface area (Å²) in [6.07, 6.45) is 2.03. The molecule has 0 radical (unpaired) electrons. The monoisotopic (exact) mass is 304 g/mol. The second-order valence-electron chi connectivity index (χ2n) is 4.60. The van der Waals surface area contributed by atoms with Crippen molar-refractivity contribution >= 4 is 21.6 Å². The number of rotatable bonds is 6. The van der Waals surface area contributed by atoms with E-state index in [4.69, 9.17) is 22.1 Å². The van der Waals surface area contributed by atoms with E-state index in [1.165, 1.54) is 25.3 Å². The van der Waals surface area contributed by atoms with Crippen LogP contribution >= 0.6 is 11.6 Å². The Kier molecular flexibility index (Phi) is 4.35. The Labute approximate surface area is 118 Å². The van der Waals surface area contributed by atoms with Gasteiger partial charge in [0.25, 0.3) is 0 Å². The third-order valence-electron chi connectivity index (χ3n) is 3.17. The summed E-state index contributed by atoms with van der Waals surface area (Å²) < 4.78 is 32.4. The van der Waals surface area contributed by atoms with E-state index in [-0.39, 0.29) is 16.7 Å². The molecule has 1 aromatic carbocycles. The number of sulfonamides is 1. The molecule has 0 amide bonds. The lowest BCUT2D eigenvalue weighted by Crippen LogP contribution is -2.41. The first-order valence-corrected chi connectivity index (χ1v) is 7.90. The smallest absolute Gasteiger partial charge is 0.244 e. The molecule has 5 nitrogen and oxygen atoms in total. The Bertz CT molecular complexity index is 558. The molecule has 106 valence electrons. The van der Waals surface area contributed by atoms with Crippen LogP contribution in [0.1, 0.15) is 12.8 Å². The number of hydrogen-bond acceptors (Lipinski definition) is 4. The molecule has 1 atom stereocenters. The molecule has 1 saturated carbocycles. The van der Waals surface area contributed by atoms with Crippen molar-refractivity contribution in [3.05, 3.63) is 23.2 Å². The van der Waals surface area contributed by atoms with Crippen LogP contribution in [-0.2, 0) is 10.0 Å². The molecule has 0 aromatic heterocycles. The summed E-state index contributed by atoms with van der Waals surface area (Å²) in [7, 11) is -2.24. The molecule has 7 heteroatoms. The van der Waals surface area contributed by atoms with Crippen molar-refractivity contribution in [3.63, 3.8) is 0 Å². The summed E-state index contributed by atoms with van der Waals surface area (Å²) in [6.45, 7) is 0.291. The van der Waals surface area contributed by atoms with E-state index in [1.807, 2.05) is 0 Å². The first kappa shape index (κ1) is 14.6. The summed E-state index contributed by atoms with van der Waals surface area (Å²) in [5.41, 5.74) is 5.61. The second kappa shape index (κ2) is 5.66. The lowest BCUT2D eigenvalue weighted by Gasteiger charge is -2.17. The normalized spacial score (nSPS) is 17.2. The fourth-order valence-electron chi connectivity index (χ4n) is 1.96. The van der Waals surface area contributed by atoms with Crippen molar-refractivity contribution in [2.75, 3.05) is 13.7 Å². The Hall–Kier alpha value is -0.820. The van der Waals surface area contributed by atoms with Crippen molar-refractivity contribution in [3.8, 4) is 5.75 Å². The maximum absolute atomic E-state index is 12.3. The Morgan fingerprint density at radius 3 is 2.74 bits per heavy atom. The SMILES string of the molecule is COc1cc(Cl)ccc1S(=O)(=O)NC(CN)C1CC1. The van der Waals surface area contributed by atoms with E-state index in [0.29, 0.717) is 17.5 Å². The predicted molar refractivity (Wildman–Crippen MR) is 73.9 cm³/mol. The number of nitrogens with one attached hydrogen (secondary N) is 1. The van der Waals surface area contributed by atoms with Crippen LogP contribution < -0.4 is 15.2 Å². The Balaban J connectivity index is 2.28. The molecule has 19 heavy (non-hydrogen) atoms. The summed E-state index contributed by atoms with van der Waals surface area (Å²) in [4.78, 5) is 0.0819. The van der Waals surface area contributed by atoms with Crippen LogP contribution in [0.25, 0.3) is 0 Å². The minimum atomic E-state index is -3.65. The van der Waals surface area contributed by atoms with E-state index in [0.717, 1.165) is 12.8 Å². The van der Waals surface area contributed by atoms with Gasteiger partial charge in [-0.3, -0.25) is 0 Å². The molecule has 1 aromatic rings. The first-order valence-electron chi connectivity index (χ1n) is 6.04. The zero-order chi connectivity index (χ0) is 14.0. The molecule has 0 bridgehead atoms. The fraction of sp³-hybridized carbons (Fsp3) is 0.500. The number of hydrogen-bond donors (Lipinski definition) is 2. The standard InChI is InChI=1S/C12H17ClN2O3S/c1-18-11-6-9(13)4-5-12(11)19(16,17)15-10(7-14)8-2-3-8/h4-6,8,10,15H,2-3,7,14H2,1H3. The quantitative estimate of drug-likeness (QED) is 0.831. The van der Waals surface area contributed by atoms with Gasteiger partial charge in [0, 0.05) is 23.7 Å². The summed E-state index contributed by atoms with van der Waals surface area (Å²) >= 11 is 5.82. The third-order valence-corrected chi connectivity index (χ3v) is 4.93. The van der Waals surface area contributed by atoms with Gasteiger partial charge in [-0.05, 0) is 30.9 Å². The Morgan fingerprint density at radius 2 is 2.21 bits per heavy atom. The summed E-state index contributed by atoms with van der Waals surface area (Å²) in [5.74, 6) is 0.574. The van der Waals surface area contributed by atoms with E-state index in [2.05, 4.69) is 4.72 Å². The summed E-state index contributed by atoms with van der Waals surface area (Å²) in [6, 6.07) is 4.22. The van der Waals surface area contributed by atoms with Crippen molar-refractivity contribution in [1.29, 1.82) is 0 Å². The minimum Gasteiger partial charge on any atom is -0.495 e. The van der Waals surface area contributed by atoms with Crippen molar-refractivity contribution in [2.24, 2.45) is 11.7 Å². The largest absolute Gasteiger partial charge is 0.495 e. The average Bonchev–Trinajstić information content (AvgIpc) is 3.19. The first-order chi connectivity index (χ1) is 8.97. The van der Waals surface area contributed by atoms with Crippen LogP contribution in [0.3, 0.4) is 0 Å². The zero-order valence-electron chi connectivity index (χ0n) is 10.6. The highest BCUT2D eigenvalue weighted by molar-refractivity contribution is 7.89. The van der Waals surface area contributed by atoms with Gasteiger partial charge in [0.1, 0.15) is 10.6 Å². The molecule has 2 rings (SSSR count). The Morgan fingerprint density at radius 1 is 1.53 bits per heavy atom. The number of halogens is 1. The van der Waals surface area contributed by atoms with Gasteiger partial charge in [-0.2, -0.15) is 0 Å². The molecular weight excluding hydrogens is 288 g/mol. The zero-order valence-corrected chi connectivity index (χ0v) is 12.2. The fourth-order valence-corrected chi connectivity index (χ4v) is 3.59. The highest BCUT2D eigenvalue weighted by Gasteiger charge is 2.34. The third kappa shape index (κ3) is 3.39. The summed E-state index contributed by atoms with van der Waals surface area (Å²) in [5, 5.41) is 0.424. The van der Waals surface area contributed by atoms with Crippen LogP contribution in [0.2, 0.25) is 5.02 Å². The lowest BCUT2D eigenvalue weighted by molar-refractivity contribution is 0.401. The van der Waals surface area contributed by atoms with Gasteiger partial charge >= 0.3 is 0 Å². The molecule has 3 N–H and O–H groups in total. The van der Waals surface area contributed by atoms with Gasteiger partial charge in [-0.1, -0.05) is 11.6 Å². The molecule has 0 spiro atoms. The maximum atomic E-state index is 12.3. The van der Waals surface area contributed by atoms with Crippen LogP contribution in [0.4, 0.5) is 0 Å². The van der Waals surface area contributed by atoms with Gasteiger partial charge in [0.15, 0.2) is 0 Å². The van der Waals surface area contributed by atoms with Gasteiger partial charge in [-0.25, -0.2) is 13.1 Å². The molecule has 0 heterocycles. The van der Waals surface area contributed by atoms with Gasteiger partial charge in [0.2, 0.25) is 10.0 Å². The highest BCUT2D eigenvalue weighted by atomic mass is 35.5. The van der Waals surface area contributed by atoms with Gasteiger partial charge in [0.05, 0.1) is 7.11 Å². The van der Waals surface area contributed by atoms with E-state index in [1.54, 1.807) is 0 Å². The van der Waals surface area contributed by atoms with Crippen LogP contribution in [0.15, 0.2) is 23.1 Å². The minimum absolute atomic E-state index is 0.0819. The maximum Gasteiger partial charge on any atom is 0.244 e. The molecule has 0 saturated heterocycles. The molecule has 0 aliphatic heterocycles. The van der Waals surface area contributed by atoms with E-state index in [9.17, 15) is 8.42 Å². The highest BCUT2D eigenvalue weighted by Crippen LogP contribution is 2.34. The molecule has 1 aliphatic carbocycles. The van der Waals surface area contributed by atoms with E-state index >= 15 is 0 Å². The lowest BCUT2D eigenvalue weighted by atomic mass is 10.2.